The molecule has 1 aromatic heterocycles. The zero-order chi connectivity index (χ0) is 18.6. The largest absolute Gasteiger partial charge is 0.482 e. The SMILES string of the molecule is CN(Cc1ccc(OCC(=O)O)cc1)C(=O)c1csc(S(C)(=O)=O)c1. The van der Waals surface area contributed by atoms with Gasteiger partial charge in [0, 0.05) is 25.2 Å². The fourth-order valence-electron chi connectivity index (χ4n) is 2.03. The highest BCUT2D eigenvalue weighted by molar-refractivity contribution is 7.92. The highest BCUT2D eigenvalue weighted by atomic mass is 32.2. The lowest BCUT2D eigenvalue weighted by Crippen LogP contribution is -2.25. The molecule has 1 heterocycles. The van der Waals surface area contributed by atoms with E-state index in [-0.39, 0.29) is 10.1 Å². The molecule has 0 radical (unpaired) electrons. The number of carboxylic acids is 1. The molecule has 7 nitrogen and oxygen atoms in total. The lowest BCUT2D eigenvalue weighted by Gasteiger charge is -2.16. The number of rotatable bonds is 7. The van der Waals surface area contributed by atoms with Crippen molar-refractivity contribution in [2.75, 3.05) is 19.9 Å². The van der Waals surface area contributed by atoms with E-state index < -0.39 is 22.4 Å². The molecule has 134 valence electrons. The second kappa shape index (κ2) is 7.66. The molecule has 2 rings (SSSR count). The van der Waals surface area contributed by atoms with E-state index in [0.717, 1.165) is 23.2 Å². The summed E-state index contributed by atoms with van der Waals surface area (Å²) in [6.07, 6.45) is 1.10. The van der Waals surface area contributed by atoms with Gasteiger partial charge in [0.05, 0.1) is 5.56 Å². The van der Waals surface area contributed by atoms with Crippen molar-refractivity contribution < 1.29 is 27.9 Å². The summed E-state index contributed by atoms with van der Waals surface area (Å²) in [4.78, 5) is 24.3. The number of sulfone groups is 1. The zero-order valence-corrected chi connectivity index (χ0v) is 15.3. The monoisotopic (exact) mass is 383 g/mol. The van der Waals surface area contributed by atoms with Crippen molar-refractivity contribution in [3.63, 3.8) is 0 Å². The maximum atomic E-state index is 12.4. The summed E-state index contributed by atoms with van der Waals surface area (Å²) >= 11 is 1.02. The molecule has 0 spiro atoms. The van der Waals surface area contributed by atoms with E-state index in [1.807, 2.05) is 0 Å². The Bertz CT molecular complexity index is 870. The first kappa shape index (κ1) is 18.9. The van der Waals surface area contributed by atoms with Crippen molar-refractivity contribution in [1.82, 2.24) is 4.90 Å². The third kappa shape index (κ3) is 5.30. The number of aliphatic carboxylic acids is 1. The summed E-state index contributed by atoms with van der Waals surface area (Å²) in [5, 5.41) is 10.1. The third-order valence-corrected chi connectivity index (χ3v) is 6.01. The second-order valence-electron chi connectivity index (χ2n) is 5.41. The molecule has 25 heavy (non-hydrogen) atoms. The van der Waals surface area contributed by atoms with Crippen LogP contribution in [0.15, 0.2) is 39.9 Å². The van der Waals surface area contributed by atoms with Crippen LogP contribution in [0.4, 0.5) is 0 Å². The second-order valence-corrected chi connectivity index (χ2v) is 8.57. The molecular weight excluding hydrogens is 366 g/mol. The number of ether oxygens (including phenoxy) is 1. The summed E-state index contributed by atoms with van der Waals surface area (Å²) in [6.45, 7) is -0.0966. The molecule has 0 unspecified atom stereocenters. The summed E-state index contributed by atoms with van der Waals surface area (Å²) in [6, 6.07) is 8.10. The Hall–Kier alpha value is -2.39. The molecule has 1 aromatic carbocycles. The molecule has 0 saturated heterocycles. The minimum atomic E-state index is -3.32. The van der Waals surface area contributed by atoms with Crippen LogP contribution in [0, 0.1) is 0 Å². The van der Waals surface area contributed by atoms with E-state index in [0.29, 0.717) is 17.9 Å². The molecule has 0 fully saturated rings. The van der Waals surface area contributed by atoms with Gasteiger partial charge in [-0.3, -0.25) is 4.79 Å². The fourth-order valence-corrected chi connectivity index (χ4v) is 3.82. The van der Waals surface area contributed by atoms with Crippen LogP contribution >= 0.6 is 11.3 Å². The van der Waals surface area contributed by atoms with Crippen molar-refractivity contribution in [1.29, 1.82) is 0 Å². The molecule has 0 bridgehead atoms. The first-order chi connectivity index (χ1) is 11.7. The van der Waals surface area contributed by atoms with Crippen LogP contribution < -0.4 is 4.74 Å². The maximum Gasteiger partial charge on any atom is 0.341 e. The van der Waals surface area contributed by atoms with Crippen molar-refractivity contribution in [3.05, 3.63) is 46.8 Å². The number of hydrogen-bond acceptors (Lipinski definition) is 6. The quantitative estimate of drug-likeness (QED) is 0.783. The van der Waals surface area contributed by atoms with Crippen molar-refractivity contribution in [2.24, 2.45) is 0 Å². The van der Waals surface area contributed by atoms with Gasteiger partial charge in [-0.15, -0.1) is 11.3 Å². The van der Waals surface area contributed by atoms with Gasteiger partial charge in [-0.1, -0.05) is 12.1 Å². The topological polar surface area (TPSA) is 101 Å². The average molecular weight is 383 g/mol. The van der Waals surface area contributed by atoms with E-state index >= 15 is 0 Å². The standard InChI is InChI=1S/C16H17NO6S2/c1-17(16(20)12-7-15(24-10-12)25(2,21)22)8-11-3-5-13(6-4-11)23-9-14(18)19/h3-7,10H,8-9H2,1-2H3,(H,18,19). The van der Waals surface area contributed by atoms with E-state index in [1.165, 1.54) is 16.3 Å². The van der Waals surface area contributed by atoms with E-state index in [9.17, 15) is 18.0 Å². The summed E-state index contributed by atoms with van der Waals surface area (Å²) < 4.78 is 28.2. The molecule has 0 atom stereocenters. The first-order valence-electron chi connectivity index (χ1n) is 7.14. The van der Waals surface area contributed by atoms with Gasteiger partial charge in [-0.2, -0.15) is 0 Å². The Labute approximate surface area is 149 Å². The summed E-state index contributed by atoms with van der Waals surface area (Å²) in [7, 11) is -1.70. The number of thiophene rings is 1. The Morgan fingerprint density at radius 3 is 2.40 bits per heavy atom. The van der Waals surface area contributed by atoms with Gasteiger partial charge in [0.25, 0.3) is 5.91 Å². The lowest BCUT2D eigenvalue weighted by atomic mass is 10.2. The van der Waals surface area contributed by atoms with Gasteiger partial charge < -0.3 is 14.7 Å². The smallest absolute Gasteiger partial charge is 0.341 e. The average Bonchev–Trinajstić information content (AvgIpc) is 3.03. The molecule has 0 saturated carbocycles. The number of benzene rings is 1. The van der Waals surface area contributed by atoms with Gasteiger partial charge in [0.15, 0.2) is 16.4 Å². The Morgan fingerprint density at radius 2 is 1.88 bits per heavy atom. The molecule has 2 aromatic rings. The molecule has 0 aliphatic heterocycles. The molecular formula is C16H17NO6S2. The maximum absolute atomic E-state index is 12.4. The van der Waals surface area contributed by atoms with E-state index in [1.54, 1.807) is 31.3 Å². The minimum absolute atomic E-state index is 0.157. The number of amides is 1. The molecule has 9 heteroatoms. The highest BCUT2D eigenvalue weighted by Gasteiger charge is 2.17. The van der Waals surface area contributed by atoms with Gasteiger partial charge in [-0.05, 0) is 23.8 Å². The van der Waals surface area contributed by atoms with Gasteiger partial charge >= 0.3 is 5.97 Å². The number of hydrogen-bond donors (Lipinski definition) is 1. The normalized spacial score (nSPS) is 11.1. The van der Waals surface area contributed by atoms with Crippen molar-refractivity contribution in [2.45, 2.75) is 10.8 Å². The fraction of sp³-hybridized carbons (Fsp3) is 0.250. The van der Waals surface area contributed by atoms with E-state index in [2.05, 4.69) is 0 Å². The number of carboxylic acid groups (broad SMARTS) is 1. The zero-order valence-electron chi connectivity index (χ0n) is 13.6. The van der Waals surface area contributed by atoms with Crippen LogP contribution in [-0.2, 0) is 21.2 Å². The summed E-state index contributed by atoms with van der Waals surface area (Å²) in [5.41, 5.74) is 1.16. The molecule has 1 amide bonds. The number of carbonyl (C=O) groups is 2. The Morgan fingerprint density at radius 1 is 1.24 bits per heavy atom. The lowest BCUT2D eigenvalue weighted by molar-refractivity contribution is -0.139. The van der Waals surface area contributed by atoms with Crippen LogP contribution in [0.25, 0.3) is 0 Å². The Balaban J connectivity index is 2.01. The predicted octanol–water partition coefficient (Wildman–Crippen LogP) is 1.89. The van der Waals surface area contributed by atoms with Gasteiger partial charge in [0.1, 0.15) is 9.96 Å². The summed E-state index contributed by atoms with van der Waals surface area (Å²) in [5.74, 6) is -0.910. The first-order valence-corrected chi connectivity index (χ1v) is 9.91. The predicted molar refractivity (Wildman–Crippen MR) is 92.8 cm³/mol. The molecule has 1 N–H and O–H groups in total. The number of nitrogens with zero attached hydrogens (tertiary/aromatic N) is 1. The van der Waals surface area contributed by atoms with Crippen molar-refractivity contribution >= 4 is 33.1 Å². The molecule has 0 aliphatic rings. The number of carbonyl (C=O) groups excluding carboxylic acids is 1. The third-order valence-electron chi connectivity index (χ3n) is 3.24. The van der Waals surface area contributed by atoms with Crippen LogP contribution in [0.5, 0.6) is 5.75 Å². The van der Waals surface area contributed by atoms with Crippen LogP contribution in [0.2, 0.25) is 0 Å². The Kier molecular flexibility index (Phi) is 5.81. The van der Waals surface area contributed by atoms with Crippen molar-refractivity contribution in [3.8, 4) is 5.75 Å². The van der Waals surface area contributed by atoms with Gasteiger partial charge in [0.2, 0.25) is 0 Å². The van der Waals surface area contributed by atoms with Crippen LogP contribution in [0.3, 0.4) is 0 Å². The molecule has 0 aliphatic carbocycles. The van der Waals surface area contributed by atoms with Crippen LogP contribution in [-0.4, -0.2) is 50.2 Å². The van der Waals surface area contributed by atoms with E-state index in [4.69, 9.17) is 9.84 Å². The highest BCUT2D eigenvalue weighted by Crippen LogP contribution is 2.21. The van der Waals surface area contributed by atoms with Gasteiger partial charge in [-0.25, -0.2) is 13.2 Å². The minimum Gasteiger partial charge on any atom is -0.482 e. The van der Waals surface area contributed by atoms with Crippen LogP contribution in [0.1, 0.15) is 15.9 Å².